The van der Waals surface area contributed by atoms with Crippen molar-refractivity contribution in [1.29, 1.82) is 0 Å². The molecule has 0 aromatic heterocycles. The highest BCUT2D eigenvalue weighted by Gasteiger charge is 2.23. The van der Waals surface area contributed by atoms with Crippen LogP contribution in [0.25, 0.3) is 0 Å². The Morgan fingerprint density at radius 1 is 1.36 bits per heavy atom. The summed E-state index contributed by atoms with van der Waals surface area (Å²) in [6, 6.07) is 0. The Morgan fingerprint density at radius 3 is 2.09 bits per heavy atom. The van der Waals surface area contributed by atoms with Gasteiger partial charge >= 0.3 is 0 Å². The molecule has 2 nitrogen and oxygen atoms in total. The summed E-state index contributed by atoms with van der Waals surface area (Å²) in [4.78, 5) is 13.1. The molecule has 0 N–H and O–H groups in total. The van der Waals surface area contributed by atoms with Gasteiger partial charge in [-0.15, -0.1) is 0 Å². The van der Waals surface area contributed by atoms with E-state index in [9.17, 15) is 4.79 Å². The minimum absolute atomic E-state index is 0.00704. The molecule has 0 saturated carbocycles. The van der Waals surface area contributed by atoms with E-state index in [1.54, 1.807) is 0 Å². The first-order valence-electron chi connectivity index (χ1n) is 4.22. The average Bonchev–Trinajstić information content (AvgIpc) is 2.01. The van der Waals surface area contributed by atoms with Gasteiger partial charge < -0.3 is 4.90 Å². The van der Waals surface area contributed by atoms with Crippen LogP contribution in [-0.4, -0.2) is 23.4 Å². The van der Waals surface area contributed by atoms with Crippen LogP contribution in [0.4, 0.5) is 0 Å². The third-order valence-corrected chi connectivity index (χ3v) is 2.45. The molecule has 0 aliphatic rings. The number of hydrogen-bond donors (Lipinski definition) is 0. The summed E-state index contributed by atoms with van der Waals surface area (Å²) < 4.78 is 0. The second-order valence-corrected chi connectivity index (χ2v) is 3.47. The third kappa shape index (κ3) is 2.52. The Labute approximate surface area is 69.6 Å². The third-order valence-electron chi connectivity index (χ3n) is 2.45. The van der Waals surface area contributed by atoms with Crippen molar-refractivity contribution < 1.29 is 4.79 Å². The summed E-state index contributed by atoms with van der Waals surface area (Å²) >= 11 is 0. The highest BCUT2D eigenvalue weighted by molar-refractivity contribution is 5.76. The molecular formula is C9H19NO. The smallest absolute Gasteiger partial charge is 0.222 e. The van der Waals surface area contributed by atoms with Gasteiger partial charge in [-0.3, -0.25) is 4.79 Å². The van der Waals surface area contributed by atoms with Gasteiger partial charge in [-0.05, 0) is 20.3 Å². The van der Waals surface area contributed by atoms with Gasteiger partial charge in [0, 0.05) is 19.0 Å². The van der Waals surface area contributed by atoms with Gasteiger partial charge in [-0.25, -0.2) is 0 Å². The van der Waals surface area contributed by atoms with Crippen LogP contribution in [0.1, 0.15) is 40.5 Å². The maximum absolute atomic E-state index is 11.2. The predicted molar refractivity (Wildman–Crippen MR) is 47.4 cm³/mol. The van der Waals surface area contributed by atoms with Crippen LogP contribution in [0.15, 0.2) is 0 Å². The second kappa shape index (κ2) is 3.74. The van der Waals surface area contributed by atoms with Gasteiger partial charge in [0.1, 0.15) is 0 Å². The highest BCUT2D eigenvalue weighted by Crippen LogP contribution is 2.16. The molecule has 0 aromatic carbocycles. The van der Waals surface area contributed by atoms with Crippen LogP contribution in [0, 0.1) is 0 Å². The standard InChI is InChI=1S/C9H19NO/c1-6-8(11)10(5)9(3,4)7-2/h6-7H2,1-5H3. The second-order valence-electron chi connectivity index (χ2n) is 3.47. The molecule has 0 atom stereocenters. The van der Waals surface area contributed by atoms with Crippen molar-refractivity contribution in [2.75, 3.05) is 7.05 Å². The number of carbonyl (C=O) groups excluding carboxylic acids is 1. The summed E-state index contributed by atoms with van der Waals surface area (Å²) in [6.45, 7) is 8.16. The zero-order chi connectivity index (χ0) is 9.07. The Hall–Kier alpha value is -0.530. The molecule has 0 unspecified atom stereocenters. The molecular weight excluding hydrogens is 138 g/mol. The molecule has 0 bridgehead atoms. The van der Waals surface area contributed by atoms with E-state index in [0.29, 0.717) is 6.42 Å². The van der Waals surface area contributed by atoms with E-state index in [2.05, 4.69) is 20.8 Å². The highest BCUT2D eigenvalue weighted by atomic mass is 16.2. The van der Waals surface area contributed by atoms with Gasteiger partial charge in [-0.1, -0.05) is 13.8 Å². The van der Waals surface area contributed by atoms with Crippen molar-refractivity contribution in [1.82, 2.24) is 4.90 Å². The molecule has 0 aromatic rings. The fraction of sp³-hybridized carbons (Fsp3) is 0.889. The van der Waals surface area contributed by atoms with Crippen molar-refractivity contribution in [3.63, 3.8) is 0 Å². The lowest BCUT2D eigenvalue weighted by Crippen LogP contribution is -2.44. The summed E-state index contributed by atoms with van der Waals surface area (Å²) in [5.41, 5.74) is 0.00704. The van der Waals surface area contributed by atoms with E-state index in [-0.39, 0.29) is 11.4 Å². The maximum Gasteiger partial charge on any atom is 0.222 e. The number of rotatable bonds is 3. The lowest BCUT2D eigenvalue weighted by atomic mass is 10.00. The lowest BCUT2D eigenvalue weighted by Gasteiger charge is -2.34. The summed E-state index contributed by atoms with van der Waals surface area (Å²) in [6.07, 6.45) is 1.59. The number of carbonyl (C=O) groups is 1. The number of nitrogens with zero attached hydrogens (tertiary/aromatic N) is 1. The summed E-state index contributed by atoms with van der Waals surface area (Å²) in [5, 5.41) is 0. The summed E-state index contributed by atoms with van der Waals surface area (Å²) in [5.74, 6) is 0.219. The quantitative estimate of drug-likeness (QED) is 0.614. The number of hydrogen-bond acceptors (Lipinski definition) is 1. The van der Waals surface area contributed by atoms with Crippen LogP contribution in [0.3, 0.4) is 0 Å². The first kappa shape index (κ1) is 10.5. The Bertz CT molecular complexity index is 140. The van der Waals surface area contributed by atoms with E-state index in [4.69, 9.17) is 0 Å². The number of amides is 1. The minimum Gasteiger partial charge on any atom is -0.341 e. The van der Waals surface area contributed by atoms with E-state index in [1.165, 1.54) is 0 Å². The zero-order valence-electron chi connectivity index (χ0n) is 8.27. The van der Waals surface area contributed by atoms with Crippen molar-refractivity contribution in [2.45, 2.75) is 46.1 Å². The minimum atomic E-state index is 0.00704. The monoisotopic (exact) mass is 157 g/mol. The fourth-order valence-electron chi connectivity index (χ4n) is 0.812. The van der Waals surface area contributed by atoms with Crippen LogP contribution < -0.4 is 0 Å². The first-order chi connectivity index (χ1) is 4.95. The molecule has 0 radical (unpaired) electrons. The molecule has 0 aliphatic heterocycles. The molecule has 2 heteroatoms. The van der Waals surface area contributed by atoms with Gasteiger partial charge in [0.15, 0.2) is 0 Å². The van der Waals surface area contributed by atoms with Crippen molar-refractivity contribution in [2.24, 2.45) is 0 Å². The Morgan fingerprint density at radius 2 is 1.82 bits per heavy atom. The van der Waals surface area contributed by atoms with Crippen molar-refractivity contribution in [3.8, 4) is 0 Å². The summed E-state index contributed by atoms with van der Waals surface area (Å²) in [7, 11) is 1.87. The molecule has 66 valence electrons. The molecule has 1 amide bonds. The van der Waals surface area contributed by atoms with Crippen LogP contribution in [-0.2, 0) is 4.79 Å². The van der Waals surface area contributed by atoms with E-state index in [0.717, 1.165) is 6.42 Å². The largest absolute Gasteiger partial charge is 0.341 e. The van der Waals surface area contributed by atoms with Crippen LogP contribution in [0.2, 0.25) is 0 Å². The predicted octanol–water partition coefficient (Wildman–Crippen LogP) is 2.04. The van der Waals surface area contributed by atoms with Crippen LogP contribution >= 0.6 is 0 Å². The maximum atomic E-state index is 11.2. The molecule has 11 heavy (non-hydrogen) atoms. The topological polar surface area (TPSA) is 20.3 Å². The average molecular weight is 157 g/mol. The zero-order valence-corrected chi connectivity index (χ0v) is 8.27. The van der Waals surface area contributed by atoms with E-state index >= 15 is 0 Å². The molecule has 0 aliphatic carbocycles. The fourth-order valence-corrected chi connectivity index (χ4v) is 0.812. The van der Waals surface area contributed by atoms with Gasteiger partial charge in [-0.2, -0.15) is 0 Å². The lowest BCUT2D eigenvalue weighted by molar-refractivity contribution is -0.134. The molecule has 0 spiro atoms. The normalized spacial score (nSPS) is 11.4. The SMILES string of the molecule is CCC(=O)N(C)C(C)(C)CC. The van der Waals surface area contributed by atoms with Crippen LogP contribution in [0.5, 0.6) is 0 Å². The van der Waals surface area contributed by atoms with Crippen molar-refractivity contribution in [3.05, 3.63) is 0 Å². The first-order valence-corrected chi connectivity index (χ1v) is 4.22. The van der Waals surface area contributed by atoms with Gasteiger partial charge in [0.2, 0.25) is 5.91 Å². The molecule has 0 fully saturated rings. The molecule has 0 saturated heterocycles. The van der Waals surface area contributed by atoms with E-state index in [1.807, 2.05) is 18.9 Å². The van der Waals surface area contributed by atoms with E-state index < -0.39 is 0 Å². The van der Waals surface area contributed by atoms with Gasteiger partial charge in [0.05, 0.1) is 0 Å². The van der Waals surface area contributed by atoms with Crippen molar-refractivity contribution >= 4 is 5.91 Å². The van der Waals surface area contributed by atoms with Gasteiger partial charge in [0.25, 0.3) is 0 Å². The Balaban J connectivity index is 4.22. The molecule has 0 heterocycles. The molecule has 0 rings (SSSR count). The Kier molecular flexibility index (Phi) is 3.56.